The van der Waals surface area contributed by atoms with Crippen LogP contribution in [-0.2, 0) is 11.3 Å². The molecule has 0 bridgehead atoms. The summed E-state index contributed by atoms with van der Waals surface area (Å²) in [5.41, 5.74) is 1.91. The van der Waals surface area contributed by atoms with Crippen molar-refractivity contribution in [1.82, 2.24) is 15.0 Å². The number of methoxy groups -OCH3 is 1. The average molecular weight is 421 g/mol. The van der Waals surface area contributed by atoms with Crippen LogP contribution >= 0.6 is 0 Å². The van der Waals surface area contributed by atoms with E-state index >= 15 is 0 Å². The van der Waals surface area contributed by atoms with Crippen molar-refractivity contribution in [3.8, 4) is 22.9 Å². The lowest BCUT2D eigenvalue weighted by molar-refractivity contribution is -0.128. The van der Waals surface area contributed by atoms with Crippen LogP contribution in [0.25, 0.3) is 11.4 Å². The number of likely N-dealkylation sites (tertiary alicyclic amines) is 1. The Morgan fingerprint density at radius 2 is 1.81 bits per heavy atom. The van der Waals surface area contributed by atoms with Gasteiger partial charge in [-0.05, 0) is 47.9 Å². The topological polar surface area (TPSA) is 77.7 Å². The Balaban J connectivity index is 1.39. The van der Waals surface area contributed by atoms with Crippen molar-refractivity contribution in [2.45, 2.75) is 32.7 Å². The first-order valence-corrected chi connectivity index (χ1v) is 10.5. The summed E-state index contributed by atoms with van der Waals surface area (Å²) in [6.07, 6.45) is 0.375. The van der Waals surface area contributed by atoms with Crippen LogP contribution in [0.15, 0.2) is 53.1 Å². The van der Waals surface area contributed by atoms with Crippen molar-refractivity contribution < 1.29 is 18.8 Å². The number of hydrogen-bond acceptors (Lipinski definition) is 6. The quantitative estimate of drug-likeness (QED) is 0.540. The molecule has 1 aromatic heterocycles. The zero-order valence-electron chi connectivity index (χ0n) is 18.1. The van der Waals surface area contributed by atoms with Gasteiger partial charge in [-0.25, -0.2) is 0 Å². The smallest absolute Gasteiger partial charge is 0.232 e. The van der Waals surface area contributed by atoms with Crippen LogP contribution in [0, 0.1) is 5.92 Å². The SMILES string of the molecule is COc1ccc(CN2CC(c3nc(-c4ccc(OCC(C)C)cc4)no3)CC2=O)cc1. The molecule has 0 N–H and O–H groups in total. The van der Waals surface area contributed by atoms with Gasteiger partial charge in [0.2, 0.25) is 17.6 Å². The van der Waals surface area contributed by atoms with E-state index in [1.165, 1.54) is 0 Å². The molecule has 31 heavy (non-hydrogen) atoms. The fourth-order valence-electron chi connectivity index (χ4n) is 3.52. The number of hydrogen-bond donors (Lipinski definition) is 0. The minimum Gasteiger partial charge on any atom is -0.497 e. The largest absolute Gasteiger partial charge is 0.497 e. The van der Waals surface area contributed by atoms with Gasteiger partial charge >= 0.3 is 0 Å². The van der Waals surface area contributed by atoms with Gasteiger partial charge in [-0.15, -0.1) is 0 Å². The Morgan fingerprint density at radius 1 is 1.10 bits per heavy atom. The minimum absolute atomic E-state index is 0.0900. The lowest BCUT2D eigenvalue weighted by atomic mass is 10.1. The van der Waals surface area contributed by atoms with E-state index in [9.17, 15) is 4.79 Å². The number of benzene rings is 2. The Kier molecular flexibility index (Phi) is 6.21. The van der Waals surface area contributed by atoms with E-state index in [0.717, 1.165) is 22.6 Å². The van der Waals surface area contributed by atoms with Crippen molar-refractivity contribution in [1.29, 1.82) is 0 Å². The van der Waals surface area contributed by atoms with Crippen molar-refractivity contribution in [3.05, 3.63) is 60.0 Å². The second-order valence-corrected chi connectivity index (χ2v) is 8.21. The maximum atomic E-state index is 12.5. The molecule has 7 nitrogen and oxygen atoms in total. The van der Waals surface area contributed by atoms with E-state index < -0.39 is 0 Å². The molecule has 0 radical (unpaired) electrons. The summed E-state index contributed by atoms with van der Waals surface area (Å²) >= 11 is 0. The number of carbonyl (C=O) groups is 1. The van der Waals surface area contributed by atoms with Gasteiger partial charge in [0.1, 0.15) is 11.5 Å². The van der Waals surface area contributed by atoms with Crippen LogP contribution in [0.2, 0.25) is 0 Å². The molecule has 1 amide bonds. The summed E-state index contributed by atoms with van der Waals surface area (Å²) in [7, 11) is 1.64. The van der Waals surface area contributed by atoms with Crippen molar-refractivity contribution in [3.63, 3.8) is 0 Å². The standard InChI is InChI=1S/C24H27N3O4/c1-16(2)15-30-21-10-6-18(7-11-21)23-25-24(31-26-23)19-12-22(28)27(14-19)13-17-4-8-20(29-3)9-5-17/h4-11,16,19H,12-15H2,1-3H3. The summed E-state index contributed by atoms with van der Waals surface area (Å²) < 4.78 is 16.4. The molecule has 1 aliphatic heterocycles. The van der Waals surface area contributed by atoms with Gasteiger partial charge in [0, 0.05) is 25.1 Å². The maximum absolute atomic E-state index is 12.5. The van der Waals surface area contributed by atoms with Gasteiger partial charge in [-0.3, -0.25) is 4.79 Å². The lowest BCUT2D eigenvalue weighted by Crippen LogP contribution is -2.24. The Labute approximate surface area is 182 Å². The number of rotatable bonds is 8. The Hall–Kier alpha value is -3.35. The lowest BCUT2D eigenvalue weighted by Gasteiger charge is -2.16. The van der Waals surface area contributed by atoms with Gasteiger partial charge in [0.05, 0.1) is 19.6 Å². The first kappa shape index (κ1) is 20.9. The predicted molar refractivity (Wildman–Crippen MR) is 116 cm³/mol. The molecule has 7 heteroatoms. The normalized spacial score (nSPS) is 16.2. The van der Waals surface area contributed by atoms with Gasteiger partial charge in [-0.2, -0.15) is 4.98 Å². The summed E-state index contributed by atoms with van der Waals surface area (Å²) in [6, 6.07) is 15.4. The van der Waals surface area contributed by atoms with E-state index in [1.54, 1.807) is 7.11 Å². The summed E-state index contributed by atoms with van der Waals surface area (Å²) in [5, 5.41) is 4.12. The molecule has 2 heterocycles. The fraction of sp³-hybridized carbons (Fsp3) is 0.375. The highest BCUT2D eigenvalue weighted by molar-refractivity contribution is 5.79. The molecule has 1 unspecified atom stereocenters. The summed E-state index contributed by atoms with van der Waals surface area (Å²) in [5.74, 6) is 3.10. The molecule has 3 aromatic rings. The van der Waals surface area contributed by atoms with E-state index in [1.807, 2.05) is 53.4 Å². The molecule has 0 saturated carbocycles. The first-order valence-electron chi connectivity index (χ1n) is 10.5. The van der Waals surface area contributed by atoms with Gasteiger partial charge in [0.15, 0.2) is 0 Å². The number of ether oxygens (including phenoxy) is 2. The van der Waals surface area contributed by atoms with Gasteiger partial charge < -0.3 is 18.9 Å². The zero-order valence-corrected chi connectivity index (χ0v) is 18.1. The molecule has 0 aliphatic carbocycles. The molecule has 1 aliphatic rings. The Morgan fingerprint density at radius 3 is 2.48 bits per heavy atom. The van der Waals surface area contributed by atoms with Crippen LogP contribution in [0.4, 0.5) is 0 Å². The number of amides is 1. The zero-order chi connectivity index (χ0) is 21.8. The van der Waals surface area contributed by atoms with Crippen LogP contribution in [-0.4, -0.2) is 41.2 Å². The van der Waals surface area contributed by atoms with E-state index in [-0.39, 0.29) is 11.8 Å². The van der Waals surface area contributed by atoms with Crippen molar-refractivity contribution in [2.24, 2.45) is 5.92 Å². The highest BCUT2D eigenvalue weighted by atomic mass is 16.5. The first-order chi connectivity index (χ1) is 15.0. The Bertz CT molecular complexity index is 1010. The molecule has 1 atom stereocenters. The van der Waals surface area contributed by atoms with Crippen LogP contribution in [0.5, 0.6) is 11.5 Å². The summed E-state index contributed by atoms with van der Waals surface area (Å²) in [6.45, 7) is 6.02. The second-order valence-electron chi connectivity index (χ2n) is 8.21. The number of carbonyl (C=O) groups excluding carboxylic acids is 1. The molecule has 162 valence electrons. The molecule has 1 fully saturated rings. The molecular formula is C24H27N3O4. The molecule has 4 rings (SSSR count). The molecule has 2 aromatic carbocycles. The van der Waals surface area contributed by atoms with Crippen molar-refractivity contribution >= 4 is 5.91 Å². The molecule has 0 spiro atoms. The average Bonchev–Trinajstić information content (AvgIpc) is 3.40. The molecule has 1 saturated heterocycles. The van der Waals surface area contributed by atoms with Gasteiger partial charge in [-0.1, -0.05) is 31.1 Å². The third-order valence-corrected chi connectivity index (χ3v) is 5.23. The highest BCUT2D eigenvalue weighted by Crippen LogP contribution is 2.30. The summed E-state index contributed by atoms with van der Waals surface area (Å²) in [4.78, 5) is 18.9. The van der Waals surface area contributed by atoms with Crippen LogP contribution in [0.1, 0.15) is 37.6 Å². The van der Waals surface area contributed by atoms with E-state index in [4.69, 9.17) is 14.0 Å². The van der Waals surface area contributed by atoms with E-state index in [0.29, 0.717) is 43.8 Å². The van der Waals surface area contributed by atoms with E-state index in [2.05, 4.69) is 24.0 Å². The number of nitrogens with zero attached hydrogens (tertiary/aromatic N) is 3. The third kappa shape index (κ3) is 5.05. The monoisotopic (exact) mass is 421 g/mol. The third-order valence-electron chi connectivity index (χ3n) is 5.23. The second kappa shape index (κ2) is 9.20. The highest BCUT2D eigenvalue weighted by Gasteiger charge is 2.34. The minimum atomic E-state index is -0.0966. The van der Waals surface area contributed by atoms with Gasteiger partial charge in [0.25, 0.3) is 0 Å². The fourth-order valence-corrected chi connectivity index (χ4v) is 3.52. The molecular weight excluding hydrogens is 394 g/mol. The van der Waals surface area contributed by atoms with Crippen molar-refractivity contribution in [2.75, 3.05) is 20.3 Å². The predicted octanol–water partition coefficient (Wildman–Crippen LogP) is 4.30. The number of aromatic nitrogens is 2. The van der Waals surface area contributed by atoms with Crippen LogP contribution in [0.3, 0.4) is 0 Å². The van der Waals surface area contributed by atoms with Crippen LogP contribution < -0.4 is 9.47 Å². The maximum Gasteiger partial charge on any atom is 0.232 e.